The average Bonchev–Trinajstić information content (AvgIpc) is 2.71. The summed E-state index contributed by atoms with van der Waals surface area (Å²) in [6.45, 7) is 5.44. The van der Waals surface area contributed by atoms with Gasteiger partial charge in [-0.1, -0.05) is 6.92 Å². The molecular formula is C11H15NO2. The van der Waals surface area contributed by atoms with Gasteiger partial charge in [0.05, 0.1) is 0 Å². The first-order valence-electron chi connectivity index (χ1n) is 5.02. The summed E-state index contributed by atoms with van der Waals surface area (Å²) in [6.07, 6.45) is 1.94. The van der Waals surface area contributed by atoms with Gasteiger partial charge in [-0.25, -0.2) is 0 Å². The fourth-order valence-electron chi connectivity index (χ4n) is 2.17. The third-order valence-corrected chi connectivity index (χ3v) is 2.80. The number of nitrogens with zero attached hydrogens (tertiary/aromatic N) is 1. The predicted molar refractivity (Wildman–Crippen MR) is 54.7 cm³/mol. The topological polar surface area (TPSA) is 33.5 Å². The standard InChI is InChI=1S/C11H15NO2/c1-8-5-9(2)12(6-8)11-4-3-10(7-13)14-11/h3-4,7-9H,5-6H2,1-2H3. The van der Waals surface area contributed by atoms with Crippen LogP contribution in [0.4, 0.5) is 5.88 Å². The van der Waals surface area contributed by atoms with Crippen LogP contribution in [0, 0.1) is 5.92 Å². The van der Waals surface area contributed by atoms with Crippen LogP contribution in [-0.4, -0.2) is 18.9 Å². The lowest BCUT2D eigenvalue weighted by molar-refractivity contribution is 0.110. The molecule has 1 fully saturated rings. The first kappa shape index (κ1) is 9.31. The molecule has 0 spiro atoms. The van der Waals surface area contributed by atoms with Gasteiger partial charge in [0.2, 0.25) is 0 Å². The smallest absolute Gasteiger partial charge is 0.196 e. The lowest BCUT2D eigenvalue weighted by atomic mass is 10.1. The van der Waals surface area contributed by atoms with E-state index in [1.54, 1.807) is 6.07 Å². The minimum absolute atomic E-state index is 0.409. The SMILES string of the molecule is CC1CC(C)N(c2ccc(C=O)o2)C1. The zero-order valence-corrected chi connectivity index (χ0v) is 8.56. The molecule has 0 aliphatic carbocycles. The van der Waals surface area contributed by atoms with Crippen LogP contribution >= 0.6 is 0 Å². The highest BCUT2D eigenvalue weighted by atomic mass is 16.4. The molecule has 0 saturated carbocycles. The molecule has 1 aromatic rings. The van der Waals surface area contributed by atoms with E-state index in [0.29, 0.717) is 17.7 Å². The van der Waals surface area contributed by atoms with E-state index in [2.05, 4.69) is 18.7 Å². The van der Waals surface area contributed by atoms with Gasteiger partial charge < -0.3 is 9.32 Å². The molecule has 3 nitrogen and oxygen atoms in total. The number of carbonyl (C=O) groups is 1. The van der Waals surface area contributed by atoms with Crippen molar-refractivity contribution >= 4 is 12.2 Å². The highest BCUT2D eigenvalue weighted by Gasteiger charge is 2.27. The van der Waals surface area contributed by atoms with Crippen LogP contribution in [0.2, 0.25) is 0 Å². The molecule has 1 aliphatic heterocycles. The Kier molecular flexibility index (Phi) is 2.32. The maximum absolute atomic E-state index is 10.5. The molecule has 2 atom stereocenters. The minimum atomic E-state index is 0.409. The van der Waals surface area contributed by atoms with Gasteiger partial charge in [0.15, 0.2) is 17.9 Å². The van der Waals surface area contributed by atoms with Crippen molar-refractivity contribution in [3.05, 3.63) is 17.9 Å². The van der Waals surface area contributed by atoms with Gasteiger partial charge in [-0.3, -0.25) is 4.79 Å². The number of hydrogen-bond acceptors (Lipinski definition) is 3. The summed E-state index contributed by atoms with van der Waals surface area (Å²) in [6, 6.07) is 4.10. The number of carbonyl (C=O) groups excluding carboxylic acids is 1. The number of hydrogen-bond donors (Lipinski definition) is 0. The maximum Gasteiger partial charge on any atom is 0.196 e. The Morgan fingerprint density at radius 3 is 2.79 bits per heavy atom. The summed E-state index contributed by atoms with van der Waals surface area (Å²) in [5, 5.41) is 0. The molecule has 0 N–H and O–H groups in total. The van der Waals surface area contributed by atoms with E-state index >= 15 is 0 Å². The quantitative estimate of drug-likeness (QED) is 0.676. The Hall–Kier alpha value is -1.25. The zero-order valence-electron chi connectivity index (χ0n) is 8.56. The molecule has 14 heavy (non-hydrogen) atoms. The highest BCUT2D eigenvalue weighted by Crippen LogP contribution is 2.29. The Balaban J connectivity index is 2.18. The number of anilines is 1. The second kappa shape index (κ2) is 3.48. The van der Waals surface area contributed by atoms with Gasteiger partial charge in [0, 0.05) is 18.7 Å². The molecule has 2 unspecified atom stereocenters. The van der Waals surface area contributed by atoms with E-state index in [1.165, 1.54) is 6.42 Å². The van der Waals surface area contributed by atoms with Crippen molar-refractivity contribution in [3.63, 3.8) is 0 Å². The monoisotopic (exact) mass is 193 g/mol. The van der Waals surface area contributed by atoms with Gasteiger partial charge in [0.1, 0.15) is 0 Å². The Morgan fingerprint density at radius 2 is 2.29 bits per heavy atom. The molecule has 0 radical (unpaired) electrons. The second-order valence-corrected chi connectivity index (χ2v) is 4.14. The maximum atomic E-state index is 10.5. The Labute approximate surface area is 83.7 Å². The van der Waals surface area contributed by atoms with Crippen LogP contribution in [-0.2, 0) is 0 Å². The third kappa shape index (κ3) is 1.54. The summed E-state index contributed by atoms with van der Waals surface area (Å²) >= 11 is 0. The highest BCUT2D eigenvalue weighted by molar-refractivity contribution is 5.71. The molecule has 1 saturated heterocycles. The zero-order chi connectivity index (χ0) is 10.1. The molecule has 0 bridgehead atoms. The van der Waals surface area contributed by atoms with Crippen LogP contribution in [0.15, 0.2) is 16.5 Å². The van der Waals surface area contributed by atoms with Crippen molar-refractivity contribution < 1.29 is 9.21 Å². The predicted octanol–water partition coefficient (Wildman–Crippen LogP) is 2.33. The van der Waals surface area contributed by atoms with Gasteiger partial charge in [-0.2, -0.15) is 0 Å². The van der Waals surface area contributed by atoms with Gasteiger partial charge >= 0.3 is 0 Å². The second-order valence-electron chi connectivity index (χ2n) is 4.14. The van der Waals surface area contributed by atoms with Crippen LogP contribution in [0.3, 0.4) is 0 Å². The van der Waals surface area contributed by atoms with Crippen molar-refractivity contribution in [3.8, 4) is 0 Å². The van der Waals surface area contributed by atoms with Gasteiger partial charge in [-0.05, 0) is 25.3 Å². The molecule has 1 aromatic heterocycles. The molecule has 0 aromatic carbocycles. The van der Waals surface area contributed by atoms with Crippen LogP contribution in [0.1, 0.15) is 30.8 Å². The fraction of sp³-hybridized carbons (Fsp3) is 0.545. The van der Waals surface area contributed by atoms with E-state index < -0.39 is 0 Å². The summed E-state index contributed by atoms with van der Waals surface area (Å²) in [7, 11) is 0. The normalized spacial score (nSPS) is 26.9. The number of furan rings is 1. The number of aldehydes is 1. The first-order chi connectivity index (χ1) is 6.70. The molecule has 1 aliphatic rings. The van der Waals surface area contributed by atoms with Crippen LogP contribution in [0.25, 0.3) is 0 Å². The summed E-state index contributed by atoms with van der Waals surface area (Å²) in [4.78, 5) is 12.7. The molecule has 0 amide bonds. The van der Waals surface area contributed by atoms with Crippen molar-refractivity contribution in [2.75, 3.05) is 11.4 Å². The van der Waals surface area contributed by atoms with Crippen LogP contribution < -0.4 is 4.90 Å². The van der Waals surface area contributed by atoms with E-state index in [4.69, 9.17) is 4.42 Å². The van der Waals surface area contributed by atoms with Gasteiger partial charge in [-0.15, -0.1) is 0 Å². The molecular weight excluding hydrogens is 178 g/mol. The summed E-state index contributed by atoms with van der Waals surface area (Å²) in [5.41, 5.74) is 0. The Bertz CT molecular complexity index is 332. The van der Waals surface area contributed by atoms with Gasteiger partial charge in [0.25, 0.3) is 0 Å². The third-order valence-electron chi connectivity index (χ3n) is 2.80. The van der Waals surface area contributed by atoms with Crippen molar-refractivity contribution in [1.82, 2.24) is 0 Å². The van der Waals surface area contributed by atoms with E-state index in [1.807, 2.05) is 6.07 Å². The van der Waals surface area contributed by atoms with Crippen LogP contribution in [0.5, 0.6) is 0 Å². The lowest BCUT2D eigenvalue weighted by Crippen LogP contribution is -2.25. The van der Waals surface area contributed by atoms with E-state index in [0.717, 1.165) is 18.7 Å². The average molecular weight is 193 g/mol. The molecule has 2 heterocycles. The number of rotatable bonds is 2. The summed E-state index contributed by atoms with van der Waals surface area (Å²) < 4.78 is 5.39. The van der Waals surface area contributed by atoms with E-state index in [9.17, 15) is 4.79 Å². The van der Waals surface area contributed by atoms with Crippen molar-refractivity contribution in [2.45, 2.75) is 26.3 Å². The molecule has 76 valence electrons. The Morgan fingerprint density at radius 1 is 1.50 bits per heavy atom. The summed E-state index contributed by atoms with van der Waals surface area (Å²) in [5.74, 6) is 1.94. The largest absolute Gasteiger partial charge is 0.438 e. The van der Waals surface area contributed by atoms with E-state index in [-0.39, 0.29) is 0 Å². The first-order valence-corrected chi connectivity index (χ1v) is 5.02. The van der Waals surface area contributed by atoms with Crippen molar-refractivity contribution in [1.29, 1.82) is 0 Å². The molecule has 3 heteroatoms. The minimum Gasteiger partial charge on any atom is -0.438 e. The lowest BCUT2D eigenvalue weighted by Gasteiger charge is -2.20. The molecule has 2 rings (SSSR count). The fourth-order valence-corrected chi connectivity index (χ4v) is 2.17. The van der Waals surface area contributed by atoms with Crippen molar-refractivity contribution in [2.24, 2.45) is 5.92 Å².